The molecule has 4 heterocycles. The molecule has 2 aliphatic rings. The number of aromatic nitrogens is 4. The van der Waals surface area contributed by atoms with Crippen molar-refractivity contribution in [3.05, 3.63) is 54.4 Å². The molecule has 0 bridgehead atoms. The lowest BCUT2D eigenvalue weighted by atomic mass is 9.78. The number of rotatable bonds is 5. The van der Waals surface area contributed by atoms with E-state index < -0.39 is 0 Å². The van der Waals surface area contributed by atoms with Crippen LogP contribution in [0.5, 0.6) is 0 Å². The molecule has 2 saturated heterocycles. The molecule has 8 heteroatoms. The highest BCUT2D eigenvalue weighted by Crippen LogP contribution is 2.31. The van der Waals surface area contributed by atoms with Crippen molar-refractivity contribution in [1.82, 2.24) is 30.0 Å². The SMILES string of the molecule is CC1(C)CN(Cc2ccccc2)CCC1NC(=O)C1CCN(c2ccc3nncn3n2)CC1. The van der Waals surface area contributed by atoms with Gasteiger partial charge >= 0.3 is 0 Å². The van der Waals surface area contributed by atoms with Gasteiger partial charge in [0.05, 0.1) is 0 Å². The number of likely N-dealkylation sites (tertiary alicyclic amines) is 1. The summed E-state index contributed by atoms with van der Waals surface area (Å²) in [6.45, 7) is 9.20. The van der Waals surface area contributed by atoms with E-state index in [1.54, 1.807) is 10.8 Å². The number of fused-ring (bicyclic) bond motifs is 1. The molecule has 0 spiro atoms. The molecule has 1 N–H and O–H groups in total. The van der Waals surface area contributed by atoms with E-state index in [1.807, 2.05) is 12.1 Å². The van der Waals surface area contributed by atoms with Gasteiger partial charge in [-0.15, -0.1) is 15.3 Å². The molecule has 2 aliphatic heterocycles. The number of carbonyl (C=O) groups excluding carboxylic acids is 1. The van der Waals surface area contributed by atoms with Crippen molar-refractivity contribution in [3.8, 4) is 0 Å². The molecule has 33 heavy (non-hydrogen) atoms. The van der Waals surface area contributed by atoms with Crippen LogP contribution in [0.4, 0.5) is 5.82 Å². The van der Waals surface area contributed by atoms with E-state index in [0.29, 0.717) is 0 Å². The van der Waals surface area contributed by atoms with Crippen molar-refractivity contribution in [2.24, 2.45) is 11.3 Å². The maximum absolute atomic E-state index is 13.1. The van der Waals surface area contributed by atoms with Crippen LogP contribution in [0.25, 0.3) is 5.65 Å². The Balaban J connectivity index is 1.13. The molecule has 3 aromatic rings. The average Bonchev–Trinajstić information content (AvgIpc) is 3.29. The van der Waals surface area contributed by atoms with Crippen LogP contribution in [0.2, 0.25) is 0 Å². The van der Waals surface area contributed by atoms with E-state index in [1.165, 1.54) is 5.56 Å². The van der Waals surface area contributed by atoms with Gasteiger partial charge in [0.15, 0.2) is 5.65 Å². The molecule has 1 atom stereocenters. The van der Waals surface area contributed by atoms with Crippen molar-refractivity contribution >= 4 is 17.4 Å². The number of nitrogens with zero attached hydrogens (tertiary/aromatic N) is 6. The van der Waals surface area contributed by atoms with Gasteiger partial charge in [-0.05, 0) is 42.4 Å². The van der Waals surface area contributed by atoms with Crippen LogP contribution in [-0.2, 0) is 11.3 Å². The van der Waals surface area contributed by atoms with Crippen molar-refractivity contribution < 1.29 is 4.79 Å². The van der Waals surface area contributed by atoms with Gasteiger partial charge in [-0.3, -0.25) is 9.69 Å². The van der Waals surface area contributed by atoms with Crippen LogP contribution in [0.1, 0.15) is 38.7 Å². The van der Waals surface area contributed by atoms with Gasteiger partial charge in [-0.2, -0.15) is 4.52 Å². The van der Waals surface area contributed by atoms with Gasteiger partial charge in [0.1, 0.15) is 12.1 Å². The molecule has 0 saturated carbocycles. The molecule has 174 valence electrons. The van der Waals surface area contributed by atoms with Crippen molar-refractivity contribution in [2.75, 3.05) is 31.1 Å². The first kappa shape index (κ1) is 21.8. The second-order valence-electron chi connectivity index (χ2n) is 10.1. The monoisotopic (exact) mass is 447 g/mol. The number of amides is 1. The van der Waals surface area contributed by atoms with Crippen LogP contribution < -0.4 is 10.2 Å². The number of piperidine rings is 2. The molecule has 5 rings (SSSR count). The molecule has 2 aromatic heterocycles. The molecule has 0 radical (unpaired) electrons. The molecular formula is C25H33N7O. The van der Waals surface area contributed by atoms with E-state index >= 15 is 0 Å². The zero-order chi connectivity index (χ0) is 22.8. The highest BCUT2D eigenvalue weighted by atomic mass is 16.2. The Bertz CT molecular complexity index is 1090. The third-order valence-electron chi connectivity index (χ3n) is 7.21. The van der Waals surface area contributed by atoms with Gasteiger partial charge < -0.3 is 10.2 Å². The highest BCUT2D eigenvalue weighted by molar-refractivity contribution is 5.79. The van der Waals surface area contributed by atoms with Crippen LogP contribution >= 0.6 is 0 Å². The number of hydrogen-bond donors (Lipinski definition) is 1. The Labute approximate surface area is 195 Å². The van der Waals surface area contributed by atoms with E-state index in [-0.39, 0.29) is 23.3 Å². The van der Waals surface area contributed by atoms with Crippen LogP contribution in [-0.4, -0.2) is 62.8 Å². The standard InChI is InChI=1S/C25H33N7O/c1-25(2)17-30(16-19-6-4-3-5-7-19)13-12-21(25)27-24(33)20-10-14-31(15-11-20)23-9-8-22-28-26-18-32(22)29-23/h3-9,18,20-21H,10-17H2,1-2H3,(H,27,33). The van der Waals surface area contributed by atoms with Crippen molar-refractivity contribution in [1.29, 1.82) is 0 Å². The Morgan fingerprint density at radius 3 is 2.61 bits per heavy atom. The summed E-state index contributed by atoms with van der Waals surface area (Å²) in [7, 11) is 0. The largest absolute Gasteiger partial charge is 0.355 e. The number of anilines is 1. The molecule has 1 amide bonds. The van der Waals surface area contributed by atoms with Crippen LogP contribution in [0, 0.1) is 11.3 Å². The Hall–Kier alpha value is -3.00. The fraction of sp³-hybridized carbons (Fsp3) is 0.520. The fourth-order valence-electron chi connectivity index (χ4n) is 5.26. The molecule has 2 fully saturated rings. The van der Waals surface area contributed by atoms with Gasteiger partial charge in [0, 0.05) is 44.7 Å². The smallest absolute Gasteiger partial charge is 0.223 e. The normalized spacial score (nSPS) is 21.9. The number of nitrogens with one attached hydrogen (secondary N) is 1. The number of benzene rings is 1. The summed E-state index contributed by atoms with van der Waals surface area (Å²) in [5.41, 5.74) is 2.13. The molecule has 1 unspecified atom stereocenters. The summed E-state index contributed by atoms with van der Waals surface area (Å²) in [5, 5.41) is 15.9. The second-order valence-corrected chi connectivity index (χ2v) is 10.1. The van der Waals surface area contributed by atoms with Crippen molar-refractivity contribution in [2.45, 2.75) is 45.7 Å². The van der Waals surface area contributed by atoms with Gasteiger partial charge in [-0.1, -0.05) is 44.2 Å². The first-order valence-electron chi connectivity index (χ1n) is 12.0. The Morgan fingerprint density at radius 1 is 1.06 bits per heavy atom. The topological polar surface area (TPSA) is 78.7 Å². The molecule has 0 aliphatic carbocycles. The first-order valence-corrected chi connectivity index (χ1v) is 12.0. The van der Waals surface area contributed by atoms with Gasteiger partial charge in [-0.25, -0.2) is 0 Å². The second kappa shape index (κ2) is 9.09. The fourth-order valence-corrected chi connectivity index (χ4v) is 5.26. The van der Waals surface area contributed by atoms with Crippen LogP contribution in [0.15, 0.2) is 48.8 Å². The van der Waals surface area contributed by atoms with Crippen molar-refractivity contribution in [3.63, 3.8) is 0 Å². The summed E-state index contributed by atoms with van der Waals surface area (Å²) >= 11 is 0. The Kier molecular flexibility index (Phi) is 6.01. The molecule has 1 aromatic carbocycles. The zero-order valence-corrected chi connectivity index (χ0v) is 19.5. The van der Waals surface area contributed by atoms with E-state index in [2.05, 4.69) is 74.6 Å². The summed E-state index contributed by atoms with van der Waals surface area (Å²) < 4.78 is 1.69. The minimum Gasteiger partial charge on any atom is -0.355 e. The molecular weight excluding hydrogens is 414 g/mol. The zero-order valence-electron chi connectivity index (χ0n) is 19.5. The lowest BCUT2D eigenvalue weighted by Gasteiger charge is -2.45. The first-order chi connectivity index (χ1) is 16.0. The third kappa shape index (κ3) is 4.85. The van der Waals surface area contributed by atoms with E-state index in [9.17, 15) is 4.79 Å². The maximum Gasteiger partial charge on any atom is 0.223 e. The van der Waals surface area contributed by atoms with E-state index in [4.69, 9.17) is 0 Å². The average molecular weight is 448 g/mol. The van der Waals surface area contributed by atoms with Crippen LogP contribution in [0.3, 0.4) is 0 Å². The summed E-state index contributed by atoms with van der Waals surface area (Å²) in [4.78, 5) is 17.9. The molecule has 8 nitrogen and oxygen atoms in total. The lowest BCUT2D eigenvalue weighted by molar-refractivity contribution is -0.127. The van der Waals surface area contributed by atoms with Gasteiger partial charge in [0.2, 0.25) is 5.91 Å². The van der Waals surface area contributed by atoms with Gasteiger partial charge in [0.25, 0.3) is 0 Å². The summed E-state index contributed by atoms with van der Waals surface area (Å²) in [5.74, 6) is 1.19. The minimum atomic E-state index is 0.0432. The summed E-state index contributed by atoms with van der Waals surface area (Å²) in [6, 6.07) is 14.8. The number of carbonyl (C=O) groups is 1. The Morgan fingerprint density at radius 2 is 1.85 bits per heavy atom. The maximum atomic E-state index is 13.1. The third-order valence-corrected chi connectivity index (χ3v) is 7.21. The number of hydrogen-bond acceptors (Lipinski definition) is 6. The predicted octanol–water partition coefficient (Wildman–Crippen LogP) is 2.76. The highest BCUT2D eigenvalue weighted by Gasteiger charge is 2.38. The lowest BCUT2D eigenvalue weighted by Crippen LogP contribution is -2.56. The quantitative estimate of drug-likeness (QED) is 0.648. The minimum absolute atomic E-state index is 0.0432. The van der Waals surface area contributed by atoms with E-state index in [0.717, 1.165) is 63.5 Å². The predicted molar refractivity (Wildman–Crippen MR) is 128 cm³/mol. The summed E-state index contributed by atoms with van der Waals surface area (Å²) in [6.07, 6.45) is 4.31.